The Hall–Kier alpha value is -5.85. The molecule has 18 nitrogen and oxygen atoms in total. The first kappa shape index (κ1) is 38.9. The Labute approximate surface area is 312 Å². The van der Waals surface area contributed by atoms with Crippen molar-refractivity contribution in [3.8, 4) is 28.7 Å². The molecule has 6 unspecified atom stereocenters. The molecule has 2 saturated heterocycles. The van der Waals surface area contributed by atoms with E-state index in [9.17, 15) is 33.6 Å². The molecule has 3 aromatic rings. The second kappa shape index (κ2) is 15.5. The minimum atomic E-state index is -1.31. The molecule has 3 aromatic carbocycles. The van der Waals surface area contributed by atoms with Crippen LogP contribution in [-0.4, -0.2) is 91.5 Å². The predicted octanol–water partition coefficient (Wildman–Crippen LogP) is 2.89. The molecule has 0 saturated carbocycles. The first-order valence-electron chi connectivity index (χ1n) is 16.9. The van der Waals surface area contributed by atoms with Crippen LogP contribution in [0, 0.1) is 0 Å². The summed E-state index contributed by atoms with van der Waals surface area (Å²) in [5, 5.41) is 1.52. The lowest BCUT2D eigenvalue weighted by atomic mass is 9.90. The topological polar surface area (TPSA) is 221 Å². The van der Waals surface area contributed by atoms with Crippen molar-refractivity contribution in [3.63, 3.8) is 0 Å². The monoisotopic (exact) mass is 768 g/mol. The number of carbonyl (C=O) groups excluding carboxylic acids is 7. The van der Waals surface area contributed by atoms with Crippen molar-refractivity contribution in [3.05, 3.63) is 29.8 Å². The molecule has 55 heavy (non-hydrogen) atoms. The third kappa shape index (κ3) is 8.30. The maximum Gasteiger partial charge on any atom is 0.308 e. The average Bonchev–Trinajstić information content (AvgIpc) is 3.06. The van der Waals surface area contributed by atoms with Gasteiger partial charge in [0.05, 0.1) is 0 Å². The Kier molecular flexibility index (Phi) is 10.9. The zero-order chi connectivity index (χ0) is 39.9. The van der Waals surface area contributed by atoms with Crippen molar-refractivity contribution in [1.82, 2.24) is 0 Å². The van der Waals surface area contributed by atoms with Gasteiger partial charge in [0.1, 0.15) is 24.6 Å². The normalized spacial score (nSPS) is 23.8. The molecule has 0 N–H and O–H groups in total. The summed E-state index contributed by atoms with van der Waals surface area (Å²) >= 11 is 0. The van der Waals surface area contributed by atoms with E-state index < -0.39 is 84.9 Å². The molecule has 0 amide bonds. The highest BCUT2D eigenvalue weighted by molar-refractivity contribution is 6.14. The number of hydrogen-bond donors (Lipinski definition) is 0. The summed E-state index contributed by atoms with van der Waals surface area (Å²) in [7, 11) is 0. The zero-order valence-electron chi connectivity index (χ0n) is 30.6. The molecule has 3 aliphatic heterocycles. The van der Waals surface area contributed by atoms with Crippen molar-refractivity contribution in [1.29, 1.82) is 0 Å². The summed E-state index contributed by atoms with van der Waals surface area (Å²) in [5.41, 5.74) is 0.476. The Bertz CT molecular complexity index is 2120. The number of benzene rings is 3. The van der Waals surface area contributed by atoms with Gasteiger partial charge in [0, 0.05) is 65.8 Å². The molecule has 0 aromatic heterocycles. The van der Waals surface area contributed by atoms with E-state index in [1.165, 1.54) is 45.0 Å². The maximum atomic E-state index is 12.3. The van der Waals surface area contributed by atoms with Gasteiger partial charge in [0.25, 0.3) is 0 Å². The van der Waals surface area contributed by atoms with Crippen LogP contribution in [0.2, 0.25) is 0 Å². The van der Waals surface area contributed by atoms with Gasteiger partial charge in [-0.2, -0.15) is 0 Å². The molecule has 7 atom stereocenters. The third-order valence-electron chi connectivity index (χ3n) is 8.51. The molecule has 18 heteroatoms. The van der Waals surface area contributed by atoms with E-state index in [1.54, 1.807) is 0 Å². The number of rotatable bonds is 8. The Balaban J connectivity index is 1.53. The van der Waals surface area contributed by atoms with Crippen LogP contribution < -0.4 is 23.7 Å². The van der Waals surface area contributed by atoms with Crippen molar-refractivity contribution < 1.29 is 85.7 Å². The van der Waals surface area contributed by atoms with Gasteiger partial charge in [0.2, 0.25) is 6.29 Å². The van der Waals surface area contributed by atoms with Crippen LogP contribution in [0.3, 0.4) is 0 Å². The van der Waals surface area contributed by atoms with Gasteiger partial charge < -0.3 is 52.1 Å². The van der Waals surface area contributed by atoms with Gasteiger partial charge >= 0.3 is 41.8 Å². The lowest BCUT2D eigenvalue weighted by molar-refractivity contribution is -0.390. The summed E-state index contributed by atoms with van der Waals surface area (Å²) in [5.74, 6) is -5.22. The maximum absolute atomic E-state index is 12.3. The van der Waals surface area contributed by atoms with Gasteiger partial charge in [-0.1, -0.05) is 0 Å². The van der Waals surface area contributed by atoms with Gasteiger partial charge in [-0.3, -0.25) is 33.6 Å². The van der Waals surface area contributed by atoms with Gasteiger partial charge in [-0.05, 0) is 40.4 Å². The van der Waals surface area contributed by atoms with E-state index in [-0.39, 0.29) is 41.8 Å². The molecule has 0 bridgehead atoms. The minimum Gasteiger partial charge on any atom is -0.463 e. The van der Waals surface area contributed by atoms with Crippen LogP contribution in [0.1, 0.15) is 54.0 Å². The minimum absolute atomic E-state index is 0.0419. The Morgan fingerprint density at radius 3 is 1.51 bits per heavy atom. The van der Waals surface area contributed by atoms with E-state index in [0.717, 1.165) is 27.7 Å². The average molecular weight is 769 g/mol. The number of carbonyl (C=O) groups is 7. The van der Waals surface area contributed by atoms with E-state index >= 15 is 0 Å². The Morgan fingerprint density at radius 1 is 0.545 bits per heavy atom. The van der Waals surface area contributed by atoms with Crippen molar-refractivity contribution in [2.24, 2.45) is 0 Å². The highest BCUT2D eigenvalue weighted by Crippen LogP contribution is 2.50. The lowest BCUT2D eigenvalue weighted by Gasteiger charge is -2.50. The predicted molar refractivity (Wildman–Crippen MR) is 181 cm³/mol. The summed E-state index contributed by atoms with van der Waals surface area (Å²) in [6, 6.07) is 5.79. The van der Waals surface area contributed by atoms with Gasteiger partial charge in [-0.25, -0.2) is 0 Å². The van der Waals surface area contributed by atoms with Crippen molar-refractivity contribution in [2.75, 3.05) is 6.61 Å². The summed E-state index contributed by atoms with van der Waals surface area (Å²) < 4.78 is 63.4. The smallest absolute Gasteiger partial charge is 0.308 e. The van der Waals surface area contributed by atoms with E-state index in [1.807, 2.05) is 0 Å². The number of esters is 7. The second-order valence-corrected chi connectivity index (χ2v) is 12.8. The SMILES string of the molecule is CC(=O)OCC1OC2OC3Cc4c(c5cc(OC(C)=O)c(OC(C)=O)cc5c5cc(OC(C)=O)c(OC(C)=O)cc45)O[C@@H]3OC2C(OC(C)=O)C1OC(C)=O. The van der Waals surface area contributed by atoms with E-state index in [0.29, 0.717) is 27.1 Å². The standard InChI is InChI=1S/C37H36O18/c1-14(38)45-13-31-33(50-19(6)43)34(51-20(7)44)35-37(53-31)52-30-12-25-23-10-27(47-16(3)40)26(46-15(2)39)8-21(23)22-9-28(48-17(4)41)29(49-18(5)42)11-24(22)32(25)54-36(30)55-35/h8-11,30-31,33-37H,12-13H2,1-7H3/t30?,31?,33?,34?,35?,36-,37?/m1/s1. The summed E-state index contributed by atoms with van der Waals surface area (Å²) in [6.07, 6.45) is -8.34. The number of hydrogen-bond acceptors (Lipinski definition) is 18. The van der Waals surface area contributed by atoms with Crippen LogP contribution >= 0.6 is 0 Å². The molecular weight excluding hydrogens is 732 g/mol. The van der Waals surface area contributed by atoms with Crippen LogP contribution in [0.5, 0.6) is 28.7 Å². The molecular formula is C37H36O18. The molecule has 0 spiro atoms. The van der Waals surface area contributed by atoms with Crippen LogP contribution in [0.25, 0.3) is 21.5 Å². The van der Waals surface area contributed by atoms with E-state index in [2.05, 4.69) is 0 Å². The second-order valence-electron chi connectivity index (χ2n) is 12.8. The lowest BCUT2D eigenvalue weighted by Crippen LogP contribution is -2.67. The highest BCUT2D eigenvalue weighted by atomic mass is 16.8. The molecule has 0 aliphatic carbocycles. The van der Waals surface area contributed by atoms with Crippen molar-refractivity contribution in [2.45, 2.75) is 98.0 Å². The fourth-order valence-electron chi connectivity index (χ4n) is 6.73. The number of ether oxygens (including phenoxy) is 11. The van der Waals surface area contributed by atoms with Gasteiger partial charge in [0.15, 0.2) is 47.6 Å². The van der Waals surface area contributed by atoms with Gasteiger partial charge in [-0.15, -0.1) is 0 Å². The molecule has 3 heterocycles. The largest absolute Gasteiger partial charge is 0.463 e. The summed E-state index contributed by atoms with van der Waals surface area (Å²) in [4.78, 5) is 84.8. The fourth-order valence-corrected chi connectivity index (χ4v) is 6.73. The van der Waals surface area contributed by atoms with E-state index in [4.69, 9.17) is 52.1 Å². The first-order chi connectivity index (χ1) is 26.0. The first-order valence-corrected chi connectivity index (χ1v) is 16.9. The van der Waals surface area contributed by atoms with Crippen molar-refractivity contribution >= 4 is 63.3 Å². The quantitative estimate of drug-likeness (QED) is 0.139. The Morgan fingerprint density at radius 2 is 1.02 bits per heavy atom. The molecule has 2 fully saturated rings. The molecule has 3 aliphatic rings. The third-order valence-corrected chi connectivity index (χ3v) is 8.51. The molecule has 6 rings (SSSR count). The molecule has 292 valence electrons. The molecule has 0 radical (unpaired) electrons. The summed E-state index contributed by atoms with van der Waals surface area (Å²) in [6.45, 7) is 7.75. The van der Waals surface area contributed by atoms with Crippen LogP contribution in [0.4, 0.5) is 0 Å². The number of fused-ring (bicyclic) bond motifs is 8. The van der Waals surface area contributed by atoms with Crippen LogP contribution in [0.15, 0.2) is 24.3 Å². The highest BCUT2D eigenvalue weighted by Gasteiger charge is 2.57. The zero-order valence-corrected chi connectivity index (χ0v) is 30.6. The van der Waals surface area contributed by atoms with Crippen LogP contribution in [-0.2, 0) is 68.4 Å². The fraction of sp³-hybridized carbons (Fsp3) is 0.432.